The number of nitrogens with zero attached hydrogens (tertiary/aromatic N) is 3. The van der Waals surface area contributed by atoms with Gasteiger partial charge in [0.15, 0.2) is 0 Å². The molecule has 0 saturated carbocycles. The van der Waals surface area contributed by atoms with Crippen molar-refractivity contribution in [3.05, 3.63) is 76.1 Å². The van der Waals surface area contributed by atoms with Gasteiger partial charge in [0.25, 0.3) is 5.56 Å². The van der Waals surface area contributed by atoms with E-state index >= 15 is 0 Å². The lowest BCUT2D eigenvalue weighted by atomic mass is 10.2. The molecule has 0 spiro atoms. The quantitative estimate of drug-likeness (QED) is 0.333. The maximum Gasteiger partial charge on any atom is 0.267 e. The second-order valence-electron chi connectivity index (χ2n) is 8.18. The number of nitrogens with one attached hydrogen (secondary N) is 1. The Morgan fingerprint density at radius 3 is 2.55 bits per heavy atom. The lowest BCUT2D eigenvalue weighted by molar-refractivity contribution is 0.0748. The molecule has 0 amide bonds. The van der Waals surface area contributed by atoms with Crippen LogP contribution >= 0.6 is 0 Å². The first-order chi connectivity index (χ1) is 15.7. The van der Waals surface area contributed by atoms with Gasteiger partial charge in [-0.25, -0.2) is 13.4 Å². The molecule has 33 heavy (non-hydrogen) atoms. The minimum absolute atomic E-state index is 0.0576. The van der Waals surface area contributed by atoms with Gasteiger partial charge >= 0.3 is 0 Å². The highest BCUT2D eigenvalue weighted by atomic mass is 32.2. The smallest absolute Gasteiger partial charge is 0.267 e. The van der Waals surface area contributed by atoms with Crippen LogP contribution in [0.2, 0.25) is 0 Å². The molecule has 1 aromatic carbocycles. The molecule has 0 atom stereocenters. The molecule has 0 bridgehead atoms. The molecule has 9 heteroatoms. The van der Waals surface area contributed by atoms with Crippen molar-refractivity contribution in [2.75, 3.05) is 6.61 Å². The van der Waals surface area contributed by atoms with Crippen LogP contribution in [-0.2, 0) is 21.1 Å². The predicted octanol–water partition coefficient (Wildman–Crippen LogP) is 3.08. The highest BCUT2D eigenvalue weighted by Gasteiger charge is 2.24. The first-order valence-corrected chi connectivity index (χ1v) is 12.2. The Morgan fingerprint density at radius 2 is 1.85 bits per heavy atom. The Morgan fingerprint density at radius 1 is 1.12 bits per heavy atom. The van der Waals surface area contributed by atoms with Gasteiger partial charge in [0.2, 0.25) is 9.84 Å². The third kappa shape index (κ3) is 4.34. The average Bonchev–Trinajstić information content (AvgIpc) is 2.78. The zero-order valence-corrected chi connectivity index (χ0v) is 19.6. The number of aromatic nitrogens is 3. The zero-order chi connectivity index (χ0) is 23.8. The van der Waals surface area contributed by atoms with Crippen LogP contribution in [-0.4, -0.2) is 35.1 Å². The molecule has 0 fully saturated rings. The van der Waals surface area contributed by atoms with E-state index in [2.05, 4.69) is 4.98 Å². The van der Waals surface area contributed by atoms with Gasteiger partial charge in [0, 0.05) is 19.3 Å². The van der Waals surface area contributed by atoms with Gasteiger partial charge in [0.05, 0.1) is 16.4 Å². The molecule has 3 heterocycles. The second-order valence-corrected chi connectivity index (χ2v) is 10.1. The van der Waals surface area contributed by atoms with Crippen LogP contribution < -0.4 is 11.0 Å². The molecule has 172 valence electrons. The van der Waals surface area contributed by atoms with Crippen LogP contribution in [0.4, 0.5) is 0 Å². The van der Waals surface area contributed by atoms with E-state index < -0.39 is 9.84 Å². The summed E-state index contributed by atoms with van der Waals surface area (Å²) in [5, 5.41) is 8.91. The molecule has 3 aromatic heterocycles. The summed E-state index contributed by atoms with van der Waals surface area (Å²) < 4.78 is 35.4. The van der Waals surface area contributed by atoms with Crippen molar-refractivity contribution in [1.29, 1.82) is 5.41 Å². The highest BCUT2D eigenvalue weighted by Crippen LogP contribution is 2.21. The number of hydrogen-bond donors (Lipinski definition) is 1. The molecule has 4 aromatic rings. The summed E-state index contributed by atoms with van der Waals surface area (Å²) in [6.07, 6.45) is 2.18. The average molecular weight is 467 g/mol. The first-order valence-electron chi connectivity index (χ1n) is 10.7. The fourth-order valence-electron chi connectivity index (χ4n) is 3.67. The fraction of sp³-hybridized carbons (Fsp3) is 0.292. The van der Waals surface area contributed by atoms with E-state index in [1.165, 1.54) is 27.2 Å². The van der Waals surface area contributed by atoms with Crippen LogP contribution in [0.15, 0.2) is 69.3 Å². The van der Waals surface area contributed by atoms with E-state index in [0.717, 1.165) is 5.56 Å². The zero-order valence-electron chi connectivity index (χ0n) is 18.8. The third-order valence-corrected chi connectivity index (χ3v) is 7.16. The van der Waals surface area contributed by atoms with Gasteiger partial charge in [-0.1, -0.05) is 23.8 Å². The Kier molecular flexibility index (Phi) is 6.18. The lowest BCUT2D eigenvalue weighted by Crippen LogP contribution is -2.30. The molecule has 4 rings (SSSR count). The molecule has 0 radical (unpaired) electrons. The van der Waals surface area contributed by atoms with Gasteiger partial charge < -0.3 is 9.30 Å². The predicted molar refractivity (Wildman–Crippen MR) is 125 cm³/mol. The summed E-state index contributed by atoms with van der Waals surface area (Å²) in [6, 6.07) is 12.9. The van der Waals surface area contributed by atoms with Crippen molar-refractivity contribution in [2.24, 2.45) is 0 Å². The normalized spacial score (nSPS) is 12.1. The Balaban J connectivity index is 1.97. The number of benzene rings is 1. The molecule has 0 saturated heterocycles. The molecular formula is C24H26N4O4S. The van der Waals surface area contributed by atoms with E-state index in [0.29, 0.717) is 18.7 Å². The van der Waals surface area contributed by atoms with E-state index in [4.69, 9.17) is 10.1 Å². The number of hydrogen-bond acceptors (Lipinski definition) is 6. The summed E-state index contributed by atoms with van der Waals surface area (Å²) in [7, 11) is -4.03. The summed E-state index contributed by atoms with van der Waals surface area (Å²) in [4.78, 5) is 17.7. The Bertz CT molecular complexity index is 1550. The van der Waals surface area contributed by atoms with Gasteiger partial charge in [-0.05, 0) is 57.5 Å². The number of fused-ring (bicyclic) bond motifs is 2. The lowest BCUT2D eigenvalue weighted by Gasteiger charge is -2.15. The maximum atomic E-state index is 13.5. The van der Waals surface area contributed by atoms with E-state index in [-0.39, 0.29) is 44.5 Å². The monoisotopic (exact) mass is 466 g/mol. The number of sulfone groups is 1. The van der Waals surface area contributed by atoms with Crippen LogP contribution in [0.1, 0.15) is 25.8 Å². The van der Waals surface area contributed by atoms with Crippen molar-refractivity contribution in [2.45, 2.75) is 49.6 Å². The molecular weight excluding hydrogens is 440 g/mol. The fourth-order valence-corrected chi connectivity index (χ4v) is 5.06. The van der Waals surface area contributed by atoms with E-state index in [9.17, 15) is 13.2 Å². The number of ether oxygens (including phenoxy) is 1. The van der Waals surface area contributed by atoms with Crippen LogP contribution in [0.3, 0.4) is 0 Å². The van der Waals surface area contributed by atoms with E-state index in [1.807, 2.05) is 20.8 Å². The van der Waals surface area contributed by atoms with Gasteiger partial charge in [-0.3, -0.25) is 14.6 Å². The molecule has 0 aliphatic rings. The second kappa shape index (κ2) is 8.92. The Labute approximate surface area is 191 Å². The number of aryl methyl sites for hydroxylation is 2. The molecule has 0 aliphatic carbocycles. The summed E-state index contributed by atoms with van der Waals surface area (Å²) >= 11 is 0. The summed E-state index contributed by atoms with van der Waals surface area (Å²) in [6.45, 7) is 6.46. The van der Waals surface area contributed by atoms with Crippen molar-refractivity contribution < 1.29 is 13.2 Å². The van der Waals surface area contributed by atoms with Gasteiger partial charge in [-0.2, -0.15) is 0 Å². The Hall–Kier alpha value is -3.30. The molecule has 0 unspecified atom stereocenters. The van der Waals surface area contributed by atoms with Crippen molar-refractivity contribution in [3.8, 4) is 0 Å². The highest BCUT2D eigenvalue weighted by molar-refractivity contribution is 7.91. The standard InChI is InChI=1S/C24H26N4O4S/c1-16(2)32-14-6-13-28-22(25)20(33(30,31)18-10-8-17(3)9-11-18)15-19-23(28)26-21-7-4-5-12-27(21)24(19)29/h4-5,7-12,15-16,25H,6,13-14H2,1-3H3. The van der Waals surface area contributed by atoms with Crippen molar-refractivity contribution >= 4 is 26.5 Å². The van der Waals surface area contributed by atoms with Crippen molar-refractivity contribution in [1.82, 2.24) is 14.0 Å². The molecule has 0 aliphatic heterocycles. The van der Waals surface area contributed by atoms with Crippen molar-refractivity contribution in [3.63, 3.8) is 0 Å². The van der Waals surface area contributed by atoms with Gasteiger partial charge in [-0.15, -0.1) is 0 Å². The minimum Gasteiger partial charge on any atom is -0.379 e. The maximum absolute atomic E-state index is 13.5. The summed E-state index contributed by atoms with van der Waals surface area (Å²) in [5.41, 5.74) is 1.04. The number of pyridine rings is 2. The van der Waals surface area contributed by atoms with Gasteiger partial charge in [0.1, 0.15) is 21.7 Å². The van der Waals surface area contributed by atoms with Crippen LogP contribution in [0.25, 0.3) is 16.7 Å². The summed E-state index contributed by atoms with van der Waals surface area (Å²) in [5.74, 6) is 0. The first kappa shape index (κ1) is 22.9. The topological polar surface area (TPSA) is 107 Å². The molecule has 8 nitrogen and oxygen atoms in total. The number of rotatable bonds is 7. The van der Waals surface area contributed by atoms with E-state index in [1.54, 1.807) is 36.5 Å². The minimum atomic E-state index is -4.03. The molecule has 1 N–H and O–H groups in total. The van der Waals surface area contributed by atoms with Crippen LogP contribution in [0, 0.1) is 12.3 Å². The SMILES string of the molecule is Cc1ccc(S(=O)(=O)c2cc3c(=O)n4ccccc4nc3n(CCCOC(C)C)c2=N)cc1. The largest absolute Gasteiger partial charge is 0.379 e. The van der Waals surface area contributed by atoms with Crippen LogP contribution in [0.5, 0.6) is 0 Å². The third-order valence-electron chi connectivity index (χ3n) is 5.38.